The Kier molecular flexibility index (Phi) is 5.20. The number of nitrogens with one attached hydrogen (secondary N) is 2. The standard InChI is InChI=1S/C19H22N2O3S/c1-25(23,24)13-14-6-8-16(9-7-14)19(22)21-12-18-17-5-3-2-4-15(17)10-11-20-18/h2-9,18,20H,10-13H2,1H3,(H,21,22). The smallest absolute Gasteiger partial charge is 0.251 e. The number of rotatable bonds is 5. The number of hydrogen-bond donors (Lipinski definition) is 2. The molecule has 0 radical (unpaired) electrons. The largest absolute Gasteiger partial charge is 0.350 e. The number of carbonyl (C=O) groups excluding carboxylic acids is 1. The van der Waals surface area contributed by atoms with E-state index < -0.39 is 9.84 Å². The molecule has 1 aliphatic rings. The van der Waals surface area contributed by atoms with Crippen molar-refractivity contribution in [3.8, 4) is 0 Å². The van der Waals surface area contributed by atoms with Crippen LogP contribution in [0.2, 0.25) is 0 Å². The zero-order valence-corrected chi connectivity index (χ0v) is 15.0. The molecule has 132 valence electrons. The van der Waals surface area contributed by atoms with Crippen LogP contribution in [0.5, 0.6) is 0 Å². The van der Waals surface area contributed by atoms with Crippen molar-refractivity contribution in [3.63, 3.8) is 0 Å². The van der Waals surface area contributed by atoms with Gasteiger partial charge in [-0.2, -0.15) is 0 Å². The van der Waals surface area contributed by atoms with Crippen LogP contribution in [-0.4, -0.2) is 33.7 Å². The topological polar surface area (TPSA) is 75.3 Å². The van der Waals surface area contributed by atoms with E-state index in [1.807, 2.05) is 12.1 Å². The van der Waals surface area contributed by atoms with E-state index in [1.54, 1.807) is 24.3 Å². The molecule has 2 aromatic rings. The molecule has 0 saturated carbocycles. The third-order valence-electron chi connectivity index (χ3n) is 4.33. The number of sulfone groups is 1. The molecule has 1 unspecified atom stereocenters. The lowest BCUT2D eigenvalue weighted by molar-refractivity contribution is 0.0949. The highest BCUT2D eigenvalue weighted by Crippen LogP contribution is 2.22. The second kappa shape index (κ2) is 7.37. The molecule has 1 aliphatic heterocycles. The second-order valence-electron chi connectivity index (χ2n) is 6.43. The maximum absolute atomic E-state index is 12.3. The summed E-state index contributed by atoms with van der Waals surface area (Å²) in [6, 6.07) is 15.1. The Balaban J connectivity index is 1.62. The summed E-state index contributed by atoms with van der Waals surface area (Å²) >= 11 is 0. The SMILES string of the molecule is CS(=O)(=O)Cc1ccc(C(=O)NCC2NCCc3ccccc32)cc1. The van der Waals surface area contributed by atoms with Crippen LogP contribution in [0.3, 0.4) is 0 Å². The van der Waals surface area contributed by atoms with Gasteiger partial charge >= 0.3 is 0 Å². The van der Waals surface area contributed by atoms with Gasteiger partial charge in [0.1, 0.15) is 0 Å². The van der Waals surface area contributed by atoms with Gasteiger partial charge in [0.25, 0.3) is 5.91 Å². The third-order valence-corrected chi connectivity index (χ3v) is 5.19. The quantitative estimate of drug-likeness (QED) is 0.855. The van der Waals surface area contributed by atoms with E-state index in [9.17, 15) is 13.2 Å². The molecule has 25 heavy (non-hydrogen) atoms. The van der Waals surface area contributed by atoms with E-state index in [1.165, 1.54) is 17.4 Å². The Morgan fingerprint density at radius 2 is 1.88 bits per heavy atom. The van der Waals surface area contributed by atoms with Gasteiger partial charge in [-0.1, -0.05) is 36.4 Å². The third kappa shape index (κ3) is 4.67. The van der Waals surface area contributed by atoms with E-state index >= 15 is 0 Å². The van der Waals surface area contributed by atoms with Gasteiger partial charge in [-0.25, -0.2) is 8.42 Å². The highest BCUT2D eigenvalue weighted by molar-refractivity contribution is 7.89. The van der Waals surface area contributed by atoms with Crippen molar-refractivity contribution < 1.29 is 13.2 Å². The van der Waals surface area contributed by atoms with Crippen molar-refractivity contribution >= 4 is 15.7 Å². The highest BCUT2D eigenvalue weighted by atomic mass is 32.2. The van der Waals surface area contributed by atoms with Crippen molar-refractivity contribution in [3.05, 3.63) is 70.8 Å². The van der Waals surface area contributed by atoms with Crippen molar-refractivity contribution in [2.75, 3.05) is 19.3 Å². The van der Waals surface area contributed by atoms with Gasteiger partial charge < -0.3 is 10.6 Å². The Morgan fingerprint density at radius 1 is 1.16 bits per heavy atom. The van der Waals surface area contributed by atoms with Gasteiger partial charge in [0, 0.05) is 24.4 Å². The molecule has 1 heterocycles. The summed E-state index contributed by atoms with van der Waals surface area (Å²) < 4.78 is 22.6. The Morgan fingerprint density at radius 3 is 2.60 bits per heavy atom. The minimum Gasteiger partial charge on any atom is -0.350 e. The molecule has 0 aromatic heterocycles. The molecule has 0 bridgehead atoms. The molecule has 2 N–H and O–H groups in total. The summed E-state index contributed by atoms with van der Waals surface area (Å²) in [5.41, 5.74) is 3.77. The molecule has 5 nitrogen and oxygen atoms in total. The molecule has 0 saturated heterocycles. The monoisotopic (exact) mass is 358 g/mol. The van der Waals surface area contributed by atoms with Gasteiger partial charge in [0.15, 0.2) is 9.84 Å². The van der Waals surface area contributed by atoms with Crippen LogP contribution in [0.4, 0.5) is 0 Å². The van der Waals surface area contributed by atoms with Gasteiger partial charge in [-0.3, -0.25) is 4.79 Å². The highest BCUT2D eigenvalue weighted by Gasteiger charge is 2.19. The lowest BCUT2D eigenvalue weighted by atomic mass is 9.94. The fourth-order valence-electron chi connectivity index (χ4n) is 3.13. The molecular formula is C19H22N2O3S. The predicted octanol–water partition coefficient (Wildman–Crippen LogP) is 1.85. The Labute approximate surface area is 148 Å². The van der Waals surface area contributed by atoms with Crippen LogP contribution in [0.25, 0.3) is 0 Å². The first kappa shape index (κ1) is 17.6. The van der Waals surface area contributed by atoms with Crippen LogP contribution in [-0.2, 0) is 22.0 Å². The van der Waals surface area contributed by atoms with Crippen LogP contribution < -0.4 is 10.6 Å². The summed E-state index contributed by atoms with van der Waals surface area (Å²) in [7, 11) is -3.07. The predicted molar refractivity (Wildman–Crippen MR) is 98.2 cm³/mol. The first-order chi connectivity index (χ1) is 11.9. The number of carbonyl (C=O) groups is 1. The van der Waals surface area contributed by atoms with Crippen LogP contribution in [0, 0.1) is 0 Å². The number of hydrogen-bond acceptors (Lipinski definition) is 4. The fourth-order valence-corrected chi connectivity index (χ4v) is 3.92. The zero-order chi connectivity index (χ0) is 17.9. The molecular weight excluding hydrogens is 336 g/mol. The van der Waals surface area contributed by atoms with Gasteiger partial charge in [0.2, 0.25) is 0 Å². The number of fused-ring (bicyclic) bond motifs is 1. The zero-order valence-electron chi connectivity index (χ0n) is 14.2. The van der Waals surface area contributed by atoms with Crippen molar-refractivity contribution in [1.82, 2.24) is 10.6 Å². The molecule has 2 aromatic carbocycles. The van der Waals surface area contributed by atoms with E-state index in [0.29, 0.717) is 17.7 Å². The van der Waals surface area contributed by atoms with E-state index in [-0.39, 0.29) is 17.7 Å². The molecule has 0 aliphatic carbocycles. The fraction of sp³-hybridized carbons (Fsp3) is 0.316. The number of benzene rings is 2. The Bertz CT molecular complexity index is 860. The molecule has 1 amide bonds. The normalized spacial score (nSPS) is 16.9. The summed E-state index contributed by atoms with van der Waals surface area (Å²) in [5.74, 6) is -0.173. The first-order valence-electron chi connectivity index (χ1n) is 8.28. The summed E-state index contributed by atoms with van der Waals surface area (Å²) in [6.45, 7) is 1.42. The molecule has 0 fully saturated rings. The van der Waals surface area contributed by atoms with Crippen molar-refractivity contribution in [2.45, 2.75) is 18.2 Å². The average molecular weight is 358 g/mol. The summed E-state index contributed by atoms with van der Waals surface area (Å²) in [4.78, 5) is 12.3. The van der Waals surface area contributed by atoms with Gasteiger partial charge in [-0.15, -0.1) is 0 Å². The van der Waals surface area contributed by atoms with Crippen molar-refractivity contribution in [2.24, 2.45) is 0 Å². The first-order valence-corrected chi connectivity index (χ1v) is 10.3. The van der Waals surface area contributed by atoms with E-state index in [0.717, 1.165) is 13.0 Å². The van der Waals surface area contributed by atoms with Gasteiger partial charge in [-0.05, 0) is 41.8 Å². The summed E-state index contributed by atoms with van der Waals surface area (Å²) in [5, 5.41) is 6.39. The average Bonchev–Trinajstić information content (AvgIpc) is 2.59. The van der Waals surface area contributed by atoms with E-state index in [2.05, 4.69) is 22.8 Å². The van der Waals surface area contributed by atoms with E-state index in [4.69, 9.17) is 0 Å². The van der Waals surface area contributed by atoms with Gasteiger partial charge in [0.05, 0.1) is 5.75 Å². The van der Waals surface area contributed by atoms with Crippen LogP contribution in [0.1, 0.15) is 33.1 Å². The maximum Gasteiger partial charge on any atom is 0.251 e. The lowest BCUT2D eigenvalue weighted by Gasteiger charge is -2.27. The molecule has 6 heteroatoms. The van der Waals surface area contributed by atoms with Crippen molar-refractivity contribution in [1.29, 1.82) is 0 Å². The minimum absolute atomic E-state index is 0.0162. The number of amides is 1. The lowest BCUT2D eigenvalue weighted by Crippen LogP contribution is -2.38. The second-order valence-corrected chi connectivity index (χ2v) is 8.57. The minimum atomic E-state index is -3.07. The molecule has 3 rings (SSSR count). The maximum atomic E-state index is 12.3. The summed E-state index contributed by atoms with van der Waals surface area (Å²) in [6.07, 6.45) is 2.20. The molecule has 0 spiro atoms. The molecule has 1 atom stereocenters. The Hall–Kier alpha value is -2.18. The van der Waals surface area contributed by atoms with Crippen LogP contribution >= 0.6 is 0 Å². The van der Waals surface area contributed by atoms with Crippen LogP contribution in [0.15, 0.2) is 48.5 Å².